The van der Waals surface area contributed by atoms with Gasteiger partial charge in [0.1, 0.15) is 6.61 Å². The highest BCUT2D eigenvalue weighted by Crippen LogP contribution is 2.03. The standard InChI is InChI=1S/C9H14N2O/c1-2-8(10)7-12-9-5-3-4-6-11-9/h3-6,8H,2,7,10H2,1H3/t8-/m1/s1. The van der Waals surface area contributed by atoms with Gasteiger partial charge in [-0.25, -0.2) is 4.98 Å². The minimum atomic E-state index is 0.104. The third kappa shape index (κ3) is 2.88. The van der Waals surface area contributed by atoms with Crippen molar-refractivity contribution in [1.82, 2.24) is 4.98 Å². The molecule has 1 heterocycles. The van der Waals surface area contributed by atoms with Crippen LogP contribution in [-0.2, 0) is 0 Å². The number of pyridine rings is 1. The van der Waals surface area contributed by atoms with Crippen LogP contribution in [0.1, 0.15) is 13.3 Å². The predicted octanol–water partition coefficient (Wildman–Crippen LogP) is 1.20. The average molecular weight is 166 g/mol. The van der Waals surface area contributed by atoms with Gasteiger partial charge in [0, 0.05) is 18.3 Å². The third-order valence-electron chi connectivity index (χ3n) is 1.61. The molecule has 0 saturated carbocycles. The molecule has 0 radical (unpaired) electrons. The number of aromatic nitrogens is 1. The Hall–Kier alpha value is -1.09. The minimum absolute atomic E-state index is 0.104. The van der Waals surface area contributed by atoms with Crippen molar-refractivity contribution in [2.24, 2.45) is 5.73 Å². The Morgan fingerprint density at radius 2 is 2.42 bits per heavy atom. The van der Waals surface area contributed by atoms with Gasteiger partial charge < -0.3 is 10.5 Å². The average Bonchev–Trinajstić information content (AvgIpc) is 2.16. The van der Waals surface area contributed by atoms with Crippen molar-refractivity contribution < 1.29 is 4.74 Å². The summed E-state index contributed by atoms with van der Waals surface area (Å²) in [6, 6.07) is 5.67. The maximum Gasteiger partial charge on any atom is 0.213 e. The molecule has 1 rings (SSSR count). The molecule has 1 atom stereocenters. The van der Waals surface area contributed by atoms with E-state index < -0.39 is 0 Å². The first-order valence-electron chi connectivity index (χ1n) is 4.12. The normalized spacial score (nSPS) is 12.5. The number of nitrogens with zero attached hydrogens (tertiary/aromatic N) is 1. The van der Waals surface area contributed by atoms with Crippen molar-refractivity contribution in [3.05, 3.63) is 24.4 Å². The summed E-state index contributed by atoms with van der Waals surface area (Å²) in [5, 5.41) is 0. The summed E-state index contributed by atoms with van der Waals surface area (Å²) in [5.74, 6) is 0.640. The van der Waals surface area contributed by atoms with E-state index >= 15 is 0 Å². The Kier molecular flexibility index (Phi) is 3.54. The van der Waals surface area contributed by atoms with E-state index in [0.717, 1.165) is 6.42 Å². The van der Waals surface area contributed by atoms with E-state index in [1.807, 2.05) is 25.1 Å². The molecule has 0 aliphatic rings. The molecule has 66 valence electrons. The fraction of sp³-hybridized carbons (Fsp3) is 0.444. The van der Waals surface area contributed by atoms with E-state index in [0.29, 0.717) is 12.5 Å². The van der Waals surface area contributed by atoms with E-state index in [1.165, 1.54) is 0 Å². The molecular weight excluding hydrogens is 152 g/mol. The van der Waals surface area contributed by atoms with Crippen LogP contribution in [-0.4, -0.2) is 17.6 Å². The van der Waals surface area contributed by atoms with E-state index in [-0.39, 0.29) is 6.04 Å². The van der Waals surface area contributed by atoms with Gasteiger partial charge in [0.05, 0.1) is 0 Å². The first kappa shape index (κ1) is 9.00. The van der Waals surface area contributed by atoms with E-state index in [2.05, 4.69) is 4.98 Å². The van der Waals surface area contributed by atoms with Crippen molar-refractivity contribution in [3.8, 4) is 5.88 Å². The van der Waals surface area contributed by atoms with Crippen LogP contribution in [0.15, 0.2) is 24.4 Å². The Bertz CT molecular complexity index is 213. The smallest absolute Gasteiger partial charge is 0.213 e. The lowest BCUT2D eigenvalue weighted by Crippen LogP contribution is -2.26. The second-order valence-electron chi connectivity index (χ2n) is 2.65. The molecule has 0 spiro atoms. The molecule has 3 nitrogen and oxygen atoms in total. The third-order valence-corrected chi connectivity index (χ3v) is 1.61. The summed E-state index contributed by atoms with van der Waals surface area (Å²) in [7, 11) is 0. The highest BCUT2D eigenvalue weighted by molar-refractivity contribution is 5.09. The molecule has 0 fully saturated rings. The van der Waals surface area contributed by atoms with Crippen LogP contribution in [0.25, 0.3) is 0 Å². The van der Waals surface area contributed by atoms with Gasteiger partial charge in [0.25, 0.3) is 0 Å². The summed E-state index contributed by atoms with van der Waals surface area (Å²) in [5.41, 5.74) is 5.67. The molecule has 1 aromatic heterocycles. The predicted molar refractivity (Wildman–Crippen MR) is 48.0 cm³/mol. The van der Waals surface area contributed by atoms with E-state index in [1.54, 1.807) is 6.20 Å². The van der Waals surface area contributed by atoms with Gasteiger partial charge in [-0.05, 0) is 12.5 Å². The lowest BCUT2D eigenvalue weighted by atomic mass is 10.3. The van der Waals surface area contributed by atoms with Crippen LogP contribution in [0, 0.1) is 0 Å². The van der Waals surface area contributed by atoms with Gasteiger partial charge in [-0.1, -0.05) is 13.0 Å². The molecule has 0 aliphatic heterocycles. The van der Waals surface area contributed by atoms with Crippen LogP contribution in [0.5, 0.6) is 5.88 Å². The Morgan fingerprint density at radius 1 is 1.58 bits per heavy atom. The molecule has 1 aromatic rings. The number of hydrogen-bond acceptors (Lipinski definition) is 3. The van der Waals surface area contributed by atoms with Crippen molar-refractivity contribution in [3.63, 3.8) is 0 Å². The summed E-state index contributed by atoms with van der Waals surface area (Å²) in [6.45, 7) is 2.57. The highest BCUT2D eigenvalue weighted by Gasteiger charge is 1.99. The van der Waals surface area contributed by atoms with E-state index in [9.17, 15) is 0 Å². The lowest BCUT2D eigenvalue weighted by molar-refractivity contribution is 0.275. The minimum Gasteiger partial charge on any atom is -0.476 e. The molecular formula is C9H14N2O. The van der Waals surface area contributed by atoms with Gasteiger partial charge in [0.2, 0.25) is 5.88 Å². The van der Waals surface area contributed by atoms with Crippen molar-refractivity contribution in [2.45, 2.75) is 19.4 Å². The van der Waals surface area contributed by atoms with Gasteiger partial charge in [-0.3, -0.25) is 0 Å². The molecule has 2 N–H and O–H groups in total. The SMILES string of the molecule is CC[C@@H](N)COc1ccccn1. The van der Waals surface area contributed by atoms with Gasteiger partial charge in [-0.15, -0.1) is 0 Å². The Morgan fingerprint density at radius 3 is 3.00 bits per heavy atom. The summed E-state index contributed by atoms with van der Waals surface area (Å²) < 4.78 is 5.32. The molecule has 0 unspecified atom stereocenters. The first-order valence-corrected chi connectivity index (χ1v) is 4.12. The van der Waals surface area contributed by atoms with Gasteiger partial charge in [-0.2, -0.15) is 0 Å². The fourth-order valence-electron chi connectivity index (χ4n) is 0.743. The molecule has 0 aromatic carbocycles. The molecule has 3 heteroatoms. The first-order chi connectivity index (χ1) is 5.83. The number of rotatable bonds is 4. The fourth-order valence-corrected chi connectivity index (χ4v) is 0.743. The van der Waals surface area contributed by atoms with Crippen LogP contribution >= 0.6 is 0 Å². The zero-order valence-corrected chi connectivity index (χ0v) is 7.23. The lowest BCUT2D eigenvalue weighted by Gasteiger charge is -2.09. The summed E-state index contributed by atoms with van der Waals surface area (Å²) >= 11 is 0. The summed E-state index contributed by atoms with van der Waals surface area (Å²) in [4.78, 5) is 4.01. The Labute approximate surface area is 72.6 Å². The highest BCUT2D eigenvalue weighted by atomic mass is 16.5. The summed E-state index contributed by atoms with van der Waals surface area (Å²) in [6.07, 6.45) is 2.62. The second-order valence-corrected chi connectivity index (χ2v) is 2.65. The van der Waals surface area contributed by atoms with Gasteiger partial charge in [0.15, 0.2) is 0 Å². The number of ether oxygens (including phenoxy) is 1. The van der Waals surface area contributed by atoms with Crippen LogP contribution in [0.3, 0.4) is 0 Å². The second kappa shape index (κ2) is 4.72. The van der Waals surface area contributed by atoms with E-state index in [4.69, 9.17) is 10.5 Å². The van der Waals surface area contributed by atoms with Crippen molar-refractivity contribution >= 4 is 0 Å². The molecule has 0 bridgehead atoms. The molecule has 0 amide bonds. The maximum absolute atomic E-state index is 5.67. The molecule has 0 aliphatic carbocycles. The topological polar surface area (TPSA) is 48.1 Å². The molecule has 0 saturated heterocycles. The van der Waals surface area contributed by atoms with Crippen LogP contribution in [0.2, 0.25) is 0 Å². The number of hydrogen-bond donors (Lipinski definition) is 1. The van der Waals surface area contributed by atoms with Crippen molar-refractivity contribution in [2.75, 3.05) is 6.61 Å². The zero-order valence-electron chi connectivity index (χ0n) is 7.23. The quantitative estimate of drug-likeness (QED) is 0.731. The maximum atomic E-state index is 5.67. The zero-order chi connectivity index (χ0) is 8.81. The van der Waals surface area contributed by atoms with Crippen molar-refractivity contribution in [1.29, 1.82) is 0 Å². The largest absolute Gasteiger partial charge is 0.476 e. The number of nitrogens with two attached hydrogens (primary N) is 1. The monoisotopic (exact) mass is 166 g/mol. The van der Waals surface area contributed by atoms with Gasteiger partial charge >= 0.3 is 0 Å². The van der Waals surface area contributed by atoms with Crippen LogP contribution in [0.4, 0.5) is 0 Å². The van der Waals surface area contributed by atoms with Crippen LogP contribution < -0.4 is 10.5 Å². The molecule has 12 heavy (non-hydrogen) atoms. The Balaban J connectivity index is 2.33.